The predicted molar refractivity (Wildman–Crippen MR) is 166 cm³/mol. The van der Waals surface area contributed by atoms with Crippen LogP contribution in [0.3, 0.4) is 0 Å². The third-order valence-corrected chi connectivity index (χ3v) is 7.57. The maximum absolute atomic E-state index is 13.9. The molecule has 1 N–H and O–H groups in total. The van der Waals surface area contributed by atoms with Gasteiger partial charge in [-0.05, 0) is 47.7 Å². The molecule has 0 aliphatic rings. The highest BCUT2D eigenvalue weighted by Crippen LogP contribution is 2.30. The van der Waals surface area contributed by atoms with Crippen molar-refractivity contribution in [1.29, 1.82) is 0 Å². The topological polar surface area (TPSA) is 133 Å². The van der Waals surface area contributed by atoms with E-state index in [1.165, 1.54) is 0 Å². The van der Waals surface area contributed by atoms with Gasteiger partial charge in [0.25, 0.3) is 5.56 Å². The molecule has 10 nitrogen and oxygen atoms in total. The summed E-state index contributed by atoms with van der Waals surface area (Å²) in [5.74, 6) is 1.36. The van der Waals surface area contributed by atoms with Crippen molar-refractivity contribution < 1.29 is 9.05 Å². The fourth-order valence-corrected chi connectivity index (χ4v) is 5.42. The van der Waals surface area contributed by atoms with Crippen molar-refractivity contribution >= 4 is 11.6 Å². The Balaban J connectivity index is 1.26. The Morgan fingerprint density at radius 3 is 2.39 bits per heavy atom. The lowest BCUT2D eigenvalue weighted by Crippen LogP contribution is -2.30. The predicted octanol–water partition coefficient (Wildman–Crippen LogP) is 5.78. The van der Waals surface area contributed by atoms with Gasteiger partial charge in [-0.15, -0.1) is 0 Å². The molecule has 44 heavy (non-hydrogen) atoms. The Morgan fingerprint density at radius 1 is 0.864 bits per heavy atom. The van der Waals surface area contributed by atoms with Gasteiger partial charge in [0.2, 0.25) is 5.89 Å². The zero-order valence-electron chi connectivity index (χ0n) is 24.2. The number of halogens is 1. The van der Waals surface area contributed by atoms with E-state index < -0.39 is 5.76 Å². The van der Waals surface area contributed by atoms with Gasteiger partial charge in [0.05, 0.1) is 13.0 Å². The van der Waals surface area contributed by atoms with Gasteiger partial charge in [0.15, 0.2) is 11.6 Å². The van der Waals surface area contributed by atoms with E-state index in [2.05, 4.69) is 27.2 Å². The van der Waals surface area contributed by atoms with Crippen molar-refractivity contribution in [1.82, 2.24) is 29.8 Å². The summed E-state index contributed by atoms with van der Waals surface area (Å²) < 4.78 is 12.0. The van der Waals surface area contributed by atoms with Crippen LogP contribution in [0.1, 0.15) is 53.3 Å². The molecule has 0 fully saturated rings. The van der Waals surface area contributed by atoms with Gasteiger partial charge in [-0.1, -0.05) is 89.5 Å². The van der Waals surface area contributed by atoms with E-state index in [-0.39, 0.29) is 12.0 Å². The Kier molecular flexibility index (Phi) is 8.33. The van der Waals surface area contributed by atoms with Crippen LogP contribution in [0.25, 0.3) is 22.5 Å². The largest absolute Gasteiger partial charge is 0.439 e. The standard InChI is InChI=1S/C33H29ClN6O4/c1-3-7-29-35-20(2)27(18-30-36-28(38-43-30)17-22-8-6-9-24(34)16-22)32(41)40(29)19-21-12-14-23(15-13-21)25-10-4-5-11-26(25)31-37-33(42)44-39-31/h4-6,8-16H,3,7,17-19H2,1-2H3,(H,37,39,42). The number of H-pyrrole nitrogens is 1. The Morgan fingerprint density at radius 2 is 1.66 bits per heavy atom. The lowest BCUT2D eigenvalue weighted by Gasteiger charge is -2.16. The molecule has 11 heteroatoms. The van der Waals surface area contributed by atoms with Crippen LogP contribution in [-0.2, 0) is 25.8 Å². The van der Waals surface area contributed by atoms with Crippen molar-refractivity contribution in [3.63, 3.8) is 0 Å². The van der Waals surface area contributed by atoms with Crippen molar-refractivity contribution in [3.05, 3.63) is 139 Å². The molecule has 6 aromatic rings. The first-order valence-corrected chi connectivity index (χ1v) is 14.7. The van der Waals surface area contributed by atoms with E-state index >= 15 is 0 Å². The van der Waals surface area contributed by atoms with E-state index in [1.807, 2.05) is 79.7 Å². The fourth-order valence-electron chi connectivity index (χ4n) is 5.21. The maximum Gasteiger partial charge on any atom is 0.439 e. The first kappa shape index (κ1) is 29.0. The zero-order valence-corrected chi connectivity index (χ0v) is 25.0. The molecule has 6 rings (SSSR count). The van der Waals surface area contributed by atoms with Crippen LogP contribution in [0.5, 0.6) is 0 Å². The smallest absolute Gasteiger partial charge is 0.339 e. The molecule has 222 valence electrons. The zero-order chi connectivity index (χ0) is 30.6. The van der Waals surface area contributed by atoms with Crippen molar-refractivity contribution in [2.24, 2.45) is 0 Å². The summed E-state index contributed by atoms with van der Waals surface area (Å²) in [6, 6.07) is 23.1. The number of nitrogens with zero attached hydrogens (tertiary/aromatic N) is 5. The van der Waals surface area contributed by atoms with Crippen LogP contribution in [-0.4, -0.2) is 29.8 Å². The molecule has 0 saturated carbocycles. The minimum atomic E-state index is -0.610. The van der Waals surface area contributed by atoms with E-state index in [0.29, 0.717) is 53.2 Å². The second-order valence-corrected chi connectivity index (χ2v) is 10.9. The summed E-state index contributed by atoms with van der Waals surface area (Å²) in [5, 5.41) is 8.59. The van der Waals surface area contributed by atoms with Gasteiger partial charge in [-0.2, -0.15) is 4.98 Å². The number of hydrogen-bond donors (Lipinski definition) is 1. The number of aromatic nitrogens is 6. The number of rotatable bonds is 10. The lowest BCUT2D eigenvalue weighted by molar-refractivity contribution is 0.379. The molecule has 0 spiro atoms. The summed E-state index contributed by atoms with van der Waals surface area (Å²) in [4.78, 5) is 37.4. The summed E-state index contributed by atoms with van der Waals surface area (Å²) in [7, 11) is 0. The van der Waals surface area contributed by atoms with E-state index in [9.17, 15) is 9.59 Å². The summed E-state index contributed by atoms with van der Waals surface area (Å²) in [6.07, 6.45) is 2.17. The molecule has 0 atom stereocenters. The Labute approximate surface area is 257 Å². The quantitative estimate of drug-likeness (QED) is 0.207. The number of benzene rings is 3. The van der Waals surface area contributed by atoms with Gasteiger partial charge in [0, 0.05) is 34.7 Å². The average Bonchev–Trinajstić information content (AvgIpc) is 3.66. The number of aromatic amines is 1. The second-order valence-electron chi connectivity index (χ2n) is 10.5. The van der Waals surface area contributed by atoms with Gasteiger partial charge in [-0.25, -0.2) is 9.78 Å². The molecule has 0 radical (unpaired) electrons. The summed E-state index contributed by atoms with van der Waals surface area (Å²) in [6.45, 7) is 4.27. The molecule has 0 aliphatic carbocycles. The highest BCUT2D eigenvalue weighted by Gasteiger charge is 2.18. The number of nitrogens with one attached hydrogen (secondary N) is 1. The molecule has 0 bridgehead atoms. The first-order valence-electron chi connectivity index (χ1n) is 14.3. The van der Waals surface area contributed by atoms with Crippen LogP contribution < -0.4 is 11.3 Å². The lowest BCUT2D eigenvalue weighted by atomic mass is 9.98. The molecule has 0 unspecified atom stereocenters. The van der Waals surface area contributed by atoms with Crippen LogP contribution >= 0.6 is 11.6 Å². The second kappa shape index (κ2) is 12.6. The molecule has 0 amide bonds. The summed E-state index contributed by atoms with van der Waals surface area (Å²) >= 11 is 6.11. The summed E-state index contributed by atoms with van der Waals surface area (Å²) in [5.41, 5.74) is 5.53. The van der Waals surface area contributed by atoms with E-state index in [4.69, 9.17) is 25.6 Å². The highest BCUT2D eigenvalue weighted by molar-refractivity contribution is 6.30. The van der Waals surface area contributed by atoms with Crippen molar-refractivity contribution in [2.45, 2.75) is 46.1 Å². The molecular formula is C33H29ClN6O4. The van der Waals surface area contributed by atoms with Gasteiger partial charge in [-0.3, -0.25) is 18.9 Å². The third kappa shape index (κ3) is 6.30. The third-order valence-electron chi connectivity index (χ3n) is 7.34. The van der Waals surface area contributed by atoms with E-state index in [1.54, 1.807) is 4.57 Å². The molecule has 0 saturated heterocycles. The molecule has 3 aromatic carbocycles. The van der Waals surface area contributed by atoms with Crippen LogP contribution in [0, 0.1) is 6.92 Å². The van der Waals surface area contributed by atoms with Crippen LogP contribution in [0.4, 0.5) is 0 Å². The van der Waals surface area contributed by atoms with Crippen molar-refractivity contribution in [2.75, 3.05) is 0 Å². The molecule has 3 aromatic heterocycles. The minimum Gasteiger partial charge on any atom is -0.339 e. The number of hydrogen-bond acceptors (Lipinski definition) is 8. The average molecular weight is 609 g/mol. The van der Waals surface area contributed by atoms with Gasteiger partial charge < -0.3 is 4.52 Å². The van der Waals surface area contributed by atoms with Crippen molar-refractivity contribution in [3.8, 4) is 22.5 Å². The van der Waals surface area contributed by atoms with Gasteiger partial charge >= 0.3 is 5.76 Å². The fraction of sp³-hybridized carbons (Fsp3) is 0.212. The minimum absolute atomic E-state index is 0.125. The first-order chi connectivity index (χ1) is 21.4. The Hall–Kier alpha value is -5.09. The monoisotopic (exact) mass is 608 g/mol. The van der Waals surface area contributed by atoms with E-state index in [0.717, 1.165) is 40.1 Å². The molecule has 3 heterocycles. The Bertz CT molecular complexity index is 2040. The van der Waals surface area contributed by atoms with Gasteiger partial charge in [0.1, 0.15) is 5.82 Å². The molecular weight excluding hydrogens is 580 g/mol. The highest BCUT2D eigenvalue weighted by atomic mass is 35.5. The SMILES string of the molecule is CCCc1nc(C)c(Cc2nc(Cc3cccc(Cl)c3)no2)c(=O)n1Cc1ccc(-c2ccccc2-c2noc(=O)[nH]2)cc1. The van der Waals surface area contributed by atoms with Crippen LogP contribution in [0.2, 0.25) is 5.02 Å². The normalized spacial score (nSPS) is 11.2. The van der Waals surface area contributed by atoms with Crippen LogP contribution in [0.15, 0.2) is 91.4 Å². The number of aryl methyl sites for hydroxylation is 2. The molecule has 0 aliphatic heterocycles. The maximum atomic E-state index is 13.9.